The molecule has 1 aromatic heterocycles. The number of carbonyl (C=O) groups excluding carboxylic acids is 1. The van der Waals surface area contributed by atoms with Crippen LogP contribution in [0.15, 0.2) is 28.9 Å². The molecular formula is C12H13NO5. The Morgan fingerprint density at radius 1 is 1.50 bits per heavy atom. The van der Waals surface area contributed by atoms with Crippen molar-refractivity contribution in [2.45, 2.75) is 6.10 Å². The molecule has 0 aliphatic carbocycles. The fourth-order valence-corrected chi connectivity index (χ4v) is 1.64. The highest BCUT2D eigenvalue weighted by Crippen LogP contribution is 2.08. The van der Waals surface area contributed by atoms with Crippen LogP contribution in [0.25, 0.3) is 6.08 Å². The summed E-state index contributed by atoms with van der Waals surface area (Å²) < 4.78 is 10.1. The maximum absolute atomic E-state index is 11.8. The fourth-order valence-electron chi connectivity index (χ4n) is 1.64. The molecule has 2 rings (SSSR count). The van der Waals surface area contributed by atoms with Gasteiger partial charge in [0.25, 0.3) is 0 Å². The smallest absolute Gasteiger partial charge is 0.334 e. The predicted molar refractivity (Wildman–Crippen MR) is 61.7 cm³/mol. The molecule has 0 bridgehead atoms. The second-order valence-corrected chi connectivity index (χ2v) is 3.83. The Morgan fingerprint density at radius 3 is 3.00 bits per heavy atom. The van der Waals surface area contributed by atoms with E-state index in [4.69, 9.17) is 14.3 Å². The molecule has 18 heavy (non-hydrogen) atoms. The monoisotopic (exact) mass is 251 g/mol. The lowest BCUT2D eigenvalue weighted by Crippen LogP contribution is -2.48. The molecular weight excluding hydrogens is 238 g/mol. The van der Waals surface area contributed by atoms with Gasteiger partial charge in [0, 0.05) is 12.6 Å². The highest BCUT2D eigenvalue weighted by atomic mass is 16.5. The number of amides is 1. The molecule has 1 saturated heterocycles. The molecule has 1 aliphatic rings. The van der Waals surface area contributed by atoms with Crippen molar-refractivity contribution in [1.82, 2.24) is 4.90 Å². The summed E-state index contributed by atoms with van der Waals surface area (Å²) in [6.07, 6.45) is 3.48. The molecule has 1 aromatic rings. The number of carboxylic acids is 1. The highest BCUT2D eigenvalue weighted by Gasteiger charge is 2.27. The van der Waals surface area contributed by atoms with Crippen molar-refractivity contribution in [3.8, 4) is 0 Å². The third-order valence-electron chi connectivity index (χ3n) is 2.59. The van der Waals surface area contributed by atoms with Crippen LogP contribution in [0.2, 0.25) is 0 Å². The number of ether oxygens (including phenoxy) is 1. The van der Waals surface area contributed by atoms with Crippen LogP contribution in [-0.2, 0) is 14.3 Å². The van der Waals surface area contributed by atoms with Gasteiger partial charge in [-0.1, -0.05) is 0 Å². The Morgan fingerprint density at radius 2 is 2.33 bits per heavy atom. The lowest BCUT2D eigenvalue weighted by Gasteiger charge is -2.29. The van der Waals surface area contributed by atoms with Crippen molar-refractivity contribution in [2.24, 2.45) is 0 Å². The van der Waals surface area contributed by atoms with E-state index in [1.807, 2.05) is 0 Å². The van der Waals surface area contributed by atoms with Crippen LogP contribution in [0, 0.1) is 0 Å². The van der Waals surface area contributed by atoms with Gasteiger partial charge in [-0.05, 0) is 18.2 Å². The van der Waals surface area contributed by atoms with Gasteiger partial charge < -0.3 is 19.2 Å². The zero-order chi connectivity index (χ0) is 13.0. The Balaban J connectivity index is 1.94. The maximum atomic E-state index is 11.8. The topological polar surface area (TPSA) is 80.0 Å². The summed E-state index contributed by atoms with van der Waals surface area (Å²) in [5.74, 6) is -0.727. The minimum Gasteiger partial charge on any atom is -0.479 e. The van der Waals surface area contributed by atoms with Crippen LogP contribution >= 0.6 is 0 Å². The van der Waals surface area contributed by atoms with Gasteiger partial charge in [0.2, 0.25) is 5.91 Å². The van der Waals surface area contributed by atoms with E-state index in [-0.39, 0.29) is 19.1 Å². The normalized spacial score (nSPS) is 20.2. The molecule has 0 saturated carbocycles. The van der Waals surface area contributed by atoms with Crippen LogP contribution in [0.4, 0.5) is 0 Å². The van der Waals surface area contributed by atoms with Crippen molar-refractivity contribution >= 4 is 18.0 Å². The minimum atomic E-state index is -1.05. The molecule has 6 nitrogen and oxygen atoms in total. The number of rotatable bonds is 3. The fraction of sp³-hybridized carbons (Fsp3) is 0.333. The Labute approximate surface area is 103 Å². The van der Waals surface area contributed by atoms with Gasteiger partial charge in [-0.2, -0.15) is 0 Å². The van der Waals surface area contributed by atoms with Crippen molar-refractivity contribution in [3.63, 3.8) is 0 Å². The van der Waals surface area contributed by atoms with Gasteiger partial charge in [0.05, 0.1) is 19.4 Å². The summed E-state index contributed by atoms with van der Waals surface area (Å²) >= 11 is 0. The van der Waals surface area contributed by atoms with E-state index in [1.165, 1.54) is 17.2 Å². The van der Waals surface area contributed by atoms with Gasteiger partial charge in [-0.3, -0.25) is 4.79 Å². The van der Waals surface area contributed by atoms with Crippen molar-refractivity contribution in [1.29, 1.82) is 0 Å². The molecule has 0 spiro atoms. The van der Waals surface area contributed by atoms with Crippen LogP contribution in [0.3, 0.4) is 0 Å². The summed E-state index contributed by atoms with van der Waals surface area (Å²) in [7, 11) is 0. The summed E-state index contributed by atoms with van der Waals surface area (Å²) in [5.41, 5.74) is 0. The zero-order valence-corrected chi connectivity index (χ0v) is 9.61. The van der Waals surface area contributed by atoms with Crippen LogP contribution in [-0.4, -0.2) is 47.7 Å². The van der Waals surface area contributed by atoms with Crippen LogP contribution < -0.4 is 0 Å². The van der Waals surface area contributed by atoms with Gasteiger partial charge in [-0.15, -0.1) is 0 Å². The predicted octanol–water partition coefficient (Wildman–Crippen LogP) is 0.605. The zero-order valence-electron chi connectivity index (χ0n) is 9.61. The van der Waals surface area contributed by atoms with E-state index in [9.17, 15) is 9.59 Å². The summed E-state index contributed by atoms with van der Waals surface area (Å²) in [4.78, 5) is 24.0. The van der Waals surface area contributed by atoms with Crippen molar-refractivity contribution in [3.05, 3.63) is 30.2 Å². The Bertz CT molecular complexity index is 451. The molecule has 1 aliphatic heterocycles. The maximum Gasteiger partial charge on any atom is 0.334 e. The molecule has 1 amide bonds. The molecule has 0 radical (unpaired) electrons. The minimum absolute atomic E-state index is 0.0661. The molecule has 1 atom stereocenters. The van der Waals surface area contributed by atoms with Gasteiger partial charge >= 0.3 is 5.97 Å². The second kappa shape index (κ2) is 5.50. The van der Waals surface area contributed by atoms with Crippen LogP contribution in [0.5, 0.6) is 0 Å². The lowest BCUT2D eigenvalue weighted by atomic mass is 10.2. The molecule has 1 fully saturated rings. The Hall–Kier alpha value is -2.08. The quantitative estimate of drug-likeness (QED) is 0.796. The first-order chi connectivity index (χ1) is 8.66. The van der Waals surface area contributed by atoms with E-state index in [2.05, 4.69) is 0 Å². The number of carbonyl (C=O) groups is 2. The number of morpholine rings is 1. The lowest BCUT2D eigenvalue weighted by molar-refractivity contribution is -0.158. The first-order valence-corrected chi connectivity index (χ1v) is 5.52. The first kappa shape index (κ1) is 12.4. The summed E-state index contributed by atoms with van der Waals surface area (Å²) in [6, 6.07) is 3.45. The third kappa shape index (κ3) is 2.98. The number of carboxylic acid groups (broad SMARTS) is 1. The van der Waals surface area contributed by atoms with E-state index >= 15 is 0 Å². The summed E-state index contributed by atoms with van der Waals surface area (Å²) in [6.45, 7) is 0.694. The van der Waals surface area contributed by atoms with Crippen molar-refractivity contribution in [2.75, 3.05) is 19.7 Å². The standard InChI is InChI=1S/C12H13NO5/c14-11(4-3-9-2-1-6-17-9)13-5-7-18-10(8-13)12(15)16/h1-4,6,10H,5,7-8H2,(H,15,16)/b4-3-/t10-/m0/s1. The highest BCUT2D eigenvalue weighted by molar-refractivity contribution is 5.91. The van der Waals surface area contributed by atoms with Gasteiger partial charge in [-0.25, -0.2) is 4.79 Å². The number of hydrogen-bond donors (Lipinski definition) is 1. The summed E-state index contributed by atoms with van der Waals surface area (Å²) in [5, 5.41) is 8.82. The average Bonchev–Trinajstić information content (AvgIpc) is 2.89. The average molecular weight is 251 g/mol. The SMILES string of the molecule is O=C(O)[C@@H]1CN(C(=O)/C=C\c2ccco2)CCO1. The molecule has 6 heteroatoms. The molecule has 0 unspecified atom stereocenters. The molecule has 1 N–H and O–H groups in total. The molecule has 0 aromatic carbocycles. The van der Waals surface area contributed by atoms with E-state index in [0.29, 0.717) is 12.3 Å². The van der Waals surface area contributed by atoms with Gasteiger partial charge in [0.15, 0.2) is 6.10 Å². The van der Waals surface area contributed by atoms with Crippen molar-refractivity contribution < 1.29 is 23.8 Å². The molecule has 96 valence electrons. The van der Waals surface area contributed by atoms with E-state index < -0.39 is 12.1 Å². The number of furan rings is 1. The largest absolute Gasteiger partial charge is 0.479 e. The van der Waals surface area contributed by atoms with Crippen LogP contribution in [0.1, 0.15) is 5.76 Å². The number of nitrogens with zero attached hydrogens (tertiary/aromatic N) is 1. The van der Waals surface area contributed by atoms with Gasteiger partial charge in [0.1, 0.15) is 5.76 Å². The second-order valence-electron chi connectivity index (χ2n) is 3.83. The van der Waals surface area contributed by atoms with E-state index in [1.54, 1.807) is 18.2 Å². The number of aliphatic carboxylic acids is 1. The number of hydrogen-bond acceptors (Lipinski definition) is 4. The Kier molecular flexibility index (Phi) is 3.78. The third-order valence-corrected chi connectivity index (χ3v) is 2.59. The van der Waals surface area contributed by atoms with E-state index in [0.717, 1.165) is 0 Å². The first-order valence-electron chi connectivity index (χ1n) is 5.52. The molecule has 2 heterocycles.